The molecule has 0 saturated heterocycles. The number of hydrogen-bond acceptors (Lipinski definition) is 4. The van der Waals surface area contributed by atoms with E-state index >= 15 is 0 Å². The molecule has 7 heteroatoms. The maximum atomic E-state index is 12.4. The first kappa shape index (κ1) is 14.9. The van der Waals surface area contributed by atoms with Crippen molar-refractivity contribution < 1.29 is 5.11 Å². The lowest BCUT2D eigenvalue weighted by Gasteiger charge is -2.06. The minimum Gasteiger partial charge on any atom is -0.395 e. The Bertz CT molecular complexity index is 1100. The minimum atomic E-state index is -0.195. The van der Waals surface area contributed by atoms with E-state index in [0.29, 0.717) is 21.6 Å². The van der Waals surface area contributed by atoms with Gasteiger partial charge in [-0.3, -0.25) is 4.79 Å². The molecule has 3 heterocycles. The van der Waals surface area contributed by atoms with Gasteiger partial charge in [0, 0.05) is 29.5 Å². The lowest BCUT2D eigenvalue weighted by Crippen LogP contribution is -2.21. The number of benzene rings is 1. The van der Waals surface area contributed by atoms with Gasteiger partial charge in [-0.15, -0.1) is 0 Å². The second kappa shape index (κ2) is 5.74. The minimum absolute atomic E-state index is 0.0937. The van der Waals surface area contributed by atoms with Crippen molar-refractivity contribution in [2.24, 2.45) is 0 Å². The molecule has 1 aromatic carbocycles. The summed E-state index contributed by atoms with van der Waals surface area (Å²) in [5.41, 5.74) is 2.98. The van der Waals surface area contributed by atoms with Gasteiger partial charge in [0.25, 0.3) is 5.56 Å². The highest BCUT2D eigenvalue weighted by atomic mass is 35.5. The molecule has 0 radical (unpaired) electrons. The molecular weight excluding hydrogens is 328 g/mol. The number of halogens is 1. The average molecular weight is 341 g/mol. The van der Waals surface area contributed by atoms with Crippen molar-refractivity contribution in [1.29, 1.82) is 0 Å². The predicted octanol–water partition coefficient (Wildman–Crippen LogP) is 2.36. The highest BCUT2D eigenvalue weighted by molar-refractivity contribution is 6.30. The molecule has 0 fully saturated rings. The number of pyridine rings is 1. The zero-order valence-electron chi connectivity index (χ0n) is 12.6. The topological polar surface area (TPSA) is 72.4 Å². The maximum absolute atomic E-state index is 12.4. The van der Waals surface area contributed by atoms with Crippen LogP contribution >= 0.6 is 11.6 Å². The number of hydrogen-bond donors (Lipinski definition) is 1. The lowest BCUT2D eigenvalue weighted by molar-refractivity contribution is 0.274. The molecule has 4 aromatic rings. The van der Waals surface area contributed by atoms with Crippen LogP contribution in [0.15, 0.2) is 53.7 Å². The molecule has 1 N–H and O–H groups in total. The summed E-state index contributed by atoms with van der Waals surface area (Å²) >= 11 is 5.94. The predicted molar refractivity (Wildman–Crippen MR) is 92.3 cm³/mol. The Balaban J connectivity index is 1.96. The van der Waals surface area contributed by atoms with E-state index in [-0.39, 0.29) is 18.7 Å². The van der Waals surface area contributed by atoms with Crippen LogP contribution in [0.4, 0.5) is 0 Å². The number of rotatable bonds is 3. The van der Waals surface area contributed by atoms with Crippen LogP contribution in [0.1, 0.15) is 0 Å². The van der Waals surface area contributed by atoms with Crippen molar-refractivity contribution in [2.45, 2.75) is 6.54 Å². The molecule has 24 heavy (non-hydrogen) atoms. The molecule has 3 aromatic heterocycles. The van der Waals surface area contributed by atoms with Gasteiger partial charge in [0.1, 0.15) is 0 Å². The summed E-state index contributed by atoms with van der Waals surface area (Å²) in [4.78, 5) is 16.9. The first-order chi connectivity index (χ1) is 11.7. The van der Waals surface area contributed by atoms with E-state index in [0.717, 1.165) is 11.1 Å². The second-order valence-corrected chi connectivity index (χ2v) is 5.83. The van der Waals surface area contributed by atoms with E-state index < -0.39 is 0 Å². The molecule has 6 nitrogen and oxygen atoms in total. The smallest absolute Gasteiger partial charge is 0.261 e. The summed E-state index contributed by atoms with van der Waals surface area (Å²) in [5, 5.41) is 14.5. The molecule has 0 saturated carbocycles. The van der Waals surface area contributed by atoms with Crippen LogP contribution in [0.25, 0.3) is 27.7 Å². The number of nitrogens with zero attached hydrogens (tertiary/aromatic N) is 4. The number of fused-ring (bicyclic) bond motifs is 3. The van der Waals surface area contributed by atoms with E-state index in [2.05, 4.69) is 10.1 Å². The first-order valence-corrected chi connectivity index (χ1v) is 7.79. The number of aliphatic hydroxyl groups excluding tert-OH is 1. The standard InChI is InChI=1S/C17H13ClN4O2/c18-12-3-1-11(2-4-12)13-10-20-22-15-5-6-21(7-8-23)17(24)14(15)9-19-16(13)22/h1-6,9-10,23H,7-8H2. The highest BCUT2D eigenvalue weighted by Gasteiger charge is 2.12. The number of aromatic nitrogens is 4. The number of aliphatic hydroxyl groups is 1. The van der Waals surface area contributed by atoms with Gasteiger partial charge in [-0.05, 0) is 23.8 Å². The summed E-state index contributed by atoms with van der Waals surface area (Å²) in [6.45, 7) is 0.158. The van der Waals surface area contributed by atoms with Crippen LogP contribution in [0, 0.1) is 0 Å². The van der Waals surface area contributed by atoms with Crippen molar-refractivity contribution in [2.75, 3.05) is 6.61 Å². The Morgan fingerprint density at radius 1 is 1.12 bits per heavy atom. The molecule has 0 aliphatic rings. The molecule has 0 amide bonds. The molecular formula is C17H13ClN4O2. The van der Waals surface area contributed by atoms with Gasteiger partial charge in [0.2, 0.25) is 0 Å². The van der Waals surface area contributed by atoms with Crippen molar-refractivity contribution in [3.05, 3.63) is 64.3 Å². The molecule has 0 unspecified atom stereocenters. The molecule has 120 valence electrons. The summed E-state index contributed by atoms with van der Waals surface area (Å²) in [7, 11) is 0. The van der Waals surface area contributed by atoms with Crippen molar-refractivity contribution in [1.82, 2.24) is 19.2 Å². The Morgan fingerprint density at radius 2 is 1.92 bits per heavy atom. The van der Waals surface area contributed by atoms with Crippen molar-refractivity contribution in [3.8, 4) is 11.1 Å². The summed E-state index contributed by atoms with van der Waals surface area (Å²) in [6.07, 6.45) is 4.94. The highest BCUT2D eigenvalue weighted by Crippen LogP contribution is 2.26. The van der Waals surface area contributed by atoms with Crippen LogP contribution in [-0.2, 0) is 6.54 Å². The monoisotopic (exact) mass is 340 g/mol. The van der Waals surface area contributed by atoms with Gasteiger partial charge in [-0.25, -0.2) is 9.50 Å². The van der Waals surface area contributed by atoms with E-state index in [4.69, 9.17) is 16.7 Å². The molecule has 0 aliphatic heterocycles. The van der Waals surface area contributed by atoms with Gasteiger partial charge in [-0.2, -0.15) is 5.10 Å². The van der Waals surface area contributed by atoms with Gasteiger partial charge in [0.15, 0.2) is 5.65 Å². The Labute approximate surface area is 141 Å². The third-order valence-electron chi connectivity index (χ3n) is 3.96. The third-order valence-corrected chi connectivity index (χ3v) is 4.22. The average Bonchev–Trinajstić information content (AvgIpc) is 3.02. The molecule has 0 spiro atoms. The SMILES string of the molecule is O=c1c2cnc3c(-c4ccc(Cl)cc4)cnn3c2ccn1CCO. The Kier molecular flexibility index (Phi) is 3.55. The first-order valence-electron chi connectivity index (χ1n) is 7.42. The molecule has 0 aliphatic carbocycles. The zero-order chi connectivity index (χ0) is 16.7. The zero-order valence-corrected chi connectivity index (χ0v) is 13.3. The largest absolute Gasteiger partial charge is 0.395 e. The lowest BCUT2D eigenvalue weighted by atomic mass is 10.1. The van der Waals surface area contributed by atoms with Crippen LogP contribution in [0.5, 0.6) is 0 Å². The van der Waals surface area contributed by atoms with Crippen LogP contribution in [-0.4, -0.2) is 30.9 Å². The van der Waals surface area contributed by atoms with Crippen molar-refractivity contribution in [3.63, 3.8) is 0 Å². The van der Waals surface area contributed by atoms with Crippen LogP contribution in [0.2, 0.25) is 5.02 Å². The van der Waals surface area contributed by atoms with E-state index in [1.807, 2.05) is 24.3 Å². The summed E-state index contributed by atoms with van der Waals surface area (Å²) in [6, 6.07) is 9.25. The van der Waals surface area contributed by atoms with E-state index in [1.54, 1.807) is 29.2 Å². The molecule has 0 atom stereocenters. The fourth-order valence-corrected chi connectivity index (χ4v) is 2.90. The second-order valence-electron chi connectivity index (χ2n) is 5.40. The maximum Gasteiger partial charge on any atom is 0.261 e. The summed E-state index contributed by atoms with van der Waals surface area (Å²) in [5.74, 6) is 0. The quantitative estimate of drug-likeness (QED) is 0.621. The van der Waals surface area contributed by atoms with Gasteiger partial charge in [-0.1, -0.05) is 23.7 Å². The fourth-order valence-electron chi connectivity index (χ4n) is 2.77. The molecule has 4 rings (SSSR count). The summed E-state index contributed by atoms with van der Waals surface area (Å²) < 4.78 is 3.11. The van der Waals surface area contributed by atoms with Crippen LogP contribution in [0.3, 0.4) is 0 Å². The Morgan fingerprint density at radius 3 is 2.67 bits per heavy atom. The fraction of sp³-hybridized carbons (Fsp3) is 0.118. The van der Waals surface area contributed by atoms with E-state index in [9.17, 15) is 4.79 Å². The van der Waals surface area contributed by atoms with E-state index in [1.165, 1.54) is 4.57 Å². The van der Waals surface area contributed by atoms with Crippen LogP contribution < -0.4 is 5.56 Å². The van der Waals surface area contributed by atoms with Gasteiger partial charge in [0.05, 0.1) is 23.7 Å². The molecule has 0 bridgehead atoms. The third kappa shape index (κ3) is 2.28. The van der Waals surface area contributed by atoms with Gasteiger partial charge < -0.3 is 9.67 Å². The van der Waals surface area contributed by atoms with Crippen molar-refractivity contribution >= 4 is 28.2 Å². The Hall–Kier alpha value is -2.70. The van der Waals surface area contributed by atoms with Gasteiger partial charge >= 0.3 is 0 Å². The normalized spacial score (nSPS) is 11.4.